The number of anilines is 2. The minimum Gasteiger partial charge on any atom is -0.368 e. The average molecular weight is 350 g/mol. The van der Waals surface area contributed by atoms with Crippen LogP contribution in [0.15, 0.2) is 48.7 Å². The van der Waals surface area contributed by atoms with Gasteiger partial charge in [-0.25, -0.2) is 4.98 Å². The van der Waals surface area contributed by atoms with Crippen LogP contribution in [0, 0.1) is 0 Å². The van der Waals surface area contributed by atoms with Crippen LogP contribution in [0.25, 0.3) is 0 Å². The van der Waals surface area contributed by atoms with Crippen molar-refractivity contribution in [3.8, 4) is 0 Å². The van der Waals surface area contributed by atoms with Crippen molar-refractivity contribution in [3.05, 3.63) is 54.2 Å². The summed E-state index contributed by atoms with van der Waals surface area (Å²) in [5, 5.41) is 0. The van der Waals surface area contributed by atoms with Crippen molar-refractivity contribution in [2.75, 3.05) is 49.1 Å². The Labute approximate surface area is 155 Å². The number of hydrogen-bond acceptors (Lipinski definition) is 4. The van der Waals surface area contributed by atoms with Gasteiger partial charge in [-0.2, -0.15) is 0 Å². The highest BCUT2D eigenvalue weighted by atomic mass is 16.2. The third kappa shape index (κ3) is 3.66. The zero-order valence-corrected chi connectivity index (χ0v) is 15.2. The fourth-order valence-corrected chi connectivity index (χ4v) is 3.84. The third-order valence-electron chi connectivity index (χ3n) is 5.36. The number of pyridine rings is 1. The molecule has 0 spiro atoms. The van der Waals surface area contributed by atoms with Crippen LogP contribution in [-0.2, 0) is 0 Å². The van der Waals surface area contributed by atoms with Crippen molar-refractivity contribution in [2.24, 2.45) is 0 Å². The van der Waals surface area contributed by atoms with E-state index in [-0.39, 0.29) is 5.91 Å². The number of aromatic nitrogens is 1. The summed E-state index contributed by atoms with van der Waals surface area (Å²) >= 11 is 0. The molecule has 2 aliphatic rings. The molecule has 1 amide bonds. The molecule has 2 saturated heterocycles. The van der Waals surface area contributed by atoms with E-state index in [1.165, 1.54) is 24.9 Å². The Bertz CT molecular complexity index is 735. The molecule has 3 heterocycles. The molecule has 0 unspecified atom stereocenters. The first kappa shape index (κ1) is 16.9. The van der Waals surface area contributed by atoms with E-state index in [9.17, 15) is 4.79 Å². The maximum absolute atomic E-state index is 12.9. The van der Waals surface area contributed by atoms with Gasteiger partial charge in [0.15, 0.2) is 0 Å². The summed E-state index contributed by atoms with van der Waals surface area (Å²) in [6.07, 6.45) is 5.49. The van der Waals surface area contributed by atoms with E-state index in [0.29, 0.717) is 0 Å². The van der Waals surface area contributed by atoms with E-state index in [4.69, 9.17) is 0 Å². The van der Waals surface area contributed by atoms with Crippen LogP contribution in [0.4, 0.5) is 11.5 Å². The number of nitrogens with zero attached hydrogens (tertiary/aromatic N) is 4. The highest BCUT2D eigenvalue weighted by Crippen LogP contribution is 2.20. The lowest BCUT2D eigenvalue weighted by molar-refractivity contribution is 0.0746. The van der Waals surface area contributed by atoms with E-state index < -0.39 is 0 Å². The Morgan fingerprint density at radius 3 is 2.27 bits per heavy atom. The molecule has 2 aromatic rings. The number of piperidine rings is 1. The predicted octanol–water partition coefficient (Wildman–Crippen LogP) is 3.03. The molecule has 2 fully saturated rings. The van der Waals surface area contributed by atoms with E-state index in [1.807, 2.05) is 23.1 Å². The summed E-state index contributed by atoms with van der Waals surface area (Å²) in [4.78, 5) is 24.0. The van der Waals surface area contributed by atoms with Crippen LogP contribution in [0.3, 0.4) is 0 Å². The quantitative estimate of drug-likeness (QED) is 0.853. The van der Waals surface area contributed by atoms with Gasteiger partial charge in [-0.15, -0.1) is 0 Å². The molecule has 0 N–H and O–H groups in total. The van der Waals surface area contributed by atoms with E-state index in [1.54, 1.807) is 6.20 Å². The van der Waals surface area contributed by atoms with Crippen LogP contribution in [-0.4, -0.2) is 55.1 Å². The maximum Gasteiger partial charge on any atom is 0.254 e. The molecule has 1 aromatic carbocycles. The monoisotopic (exact) mass is 350 g/mol. The van der Waals surface area contributed by atoms with Crippen LogP contribution < -0.4 is 9.80 Å². The molecule has 136 valence electrons. The van der Waals surface area contributed by atoms with Gasteiger partial charge in [-0.05, 0) is 43.5 Å². The Morgan fingerprint density at radius 2 is 1.54 bits per heavy atom. The Hall–Kier alpha value is -2.56. The van der Waals surface area contributed by atoms with Gasteiger partial charge in [-0.1, -0.05) is 18.2 Å². The van der Waals surface area contributed by atoms with Crippen molar-refractivity contribution < 1.29 is 4.79 Å². The van der Waals surface area contributed by atoms with Crippen molar-refractivity contribution in [3.63, 3.8) is 0 Å². The highest BCUT2D eigenvalue weighted by molar-refractivity contribution is 5.95. The molecule has 0 aliphatic carbocycles. The number of piperazine rings is 1. The second-order valence-electron chi connectivity index (χ2n) is 7.07. The first-order chi connectivity index (χ1) is 12.8. The lowest BCUT2D eigenvalue weighted by Crippen LogP contribution is -2.48. The Morgan fingerprint density at radius 1 is 0.808 bits per heavy atom. The smallest absolute Gasteiger partial charge is 0.254 e. The summed E-state index contributed by atoms with van der Waals surface area (Å²) in [7, 11) is 0. The molecule has 5 heteroatoms. The number of para-hydroxylation sites is 1. The van der Waals surface area contributed by atoms with Gasteiger partial charge >= 0.3 is 0 Å². The van der Waals surface area contributed by atoms with Crippen molar-refractivity contribution >= 4 is 17.4 Å². The number of rotatable bonds is 3. The number of carbonyl (C=O) groups is 1. The lowest BCUT2D eigenvalue weighted by atomic mass is 10.1. The predicted molar refractivity (Wildman–Crippen MR) is 105 cm³/mol. The topological polar surface area (TPSA) is 39.7 Å². The fourth-order valence-electron chi connectivity index (χ4n) is 3.84. The molecular weight excluding hydrogens is 324 g/mol. The van der Waals surface area contributed by atoms with Gasteiger partial charge in [0, 0.05) is 56.7 Å². The van der Waals surface area contributed by atoms with Crippen LogP contribution in [0.5, 0.6) is 0 Å². The molecule has 0 radical (unpaired) electrons. The van der Waals surface area contributed by atoms with Gasteiger partial charge in [0.25, 0.3) is 5.91 Å². The van der Waals surface area contributed by atoms with Gasteiger partial charge in [-0.3, -0.25) is 4.79 Å². The molecule has 2 aliphatic heterocycles. The standard InChI is InChI=1S/C21H26N4O/c26-21(18-9-10-22-20(17-18)24-11-5-2-6-12-24)25-15-13-23(14-16-25)19-7-3-1-4-8-19/h1,3-4,7-10,17H,2,5-6,11-16H2. The minimum absolute atomic E-state index is 0.123. The Kier molecular flexibility index (Phi) is 5.04. The van der Waals surface area contributed by atoms with Crippen LogP contribution in [0.1, 0.15) is 29.6 Å². The molecule has 26 heavy (non-hydrogen) atoms. The summed E-state index contributed by atoms with van der Waals surface area (Å²) in [5.74, 6) is 1.07. The lowest BCUT2D eigenvalue weighted by Gasteiger charge is -2.36. The molecule has 0 bridgehead atoms. The summed E-state index contributed by atoms with van der Waals surface area (Å²) in [5.41, 5.74) is 1.99. The van der Waals surface area contributed by atoms with Gasteiger partial charge in [0.1, 0.15) is 5.82 Å². The van der Waals surface area contributed by atoms with Gasteiger partial charge in [0.2, 0.25) is 0 Å². The number of hydrogen-bond donors (Lipinski definition) is 0. The van der Waals surface area contributed by atoms with Crippen molar-refractivity contribution in [1.29, 1.82) is 0 Å². The van der Waals surface area contributed by atoms with E-state index in [2.05, 4.69) is 39.0 Å². The van der Waals surface area contributed by atoms with E-state index >= 15 is 0 Å². The fraction of sp³-hybridized carbons (Fsp3) is 0.429. The maximum atomic E-state index is 12.9. The highest BCUT2D eigenvalue weighted by Gasteiger charge is 2.23. The summed E-state index contributed by atoms with van der Waals surface area (Å²) < 4.78 is 0. The second kappa shape index (κ2) is 7.77. The zero-order chi connectivity index (χ0) is 17.8. The first-order valence-electron chi connectivity index (χ1n) is 9.61. The Balaban J connectivity index is 1.40. The number of carbonyl (C=O) groups excluding carboxylic acids is 1. The summed E-state index contributed by atoms with van der Waals surface area (Å²) in [6.45, 7) is 5.35. The van der Waals surface area contributed by atoms with Crippen LogP contribution in [0.2, 0.25) is 0 Å². The number of benzene rings is 1. The van der Waals surface area contributed by atoms with Crippen molar-refractivity contribution in [2.45, 2.75) is 19.3 Å². The molecule has 5 nitrogen and oxygen atoms in total. The largest absolute Gasteiger partial charge is 0.368 e. The molecule has 0 saturated carbocycles. The summed E-state index contributed by atoms with van der Waals surface area (Å²) in [6, 6.07) is 14.2. The van der Waals surface area contributed by atoms with Crippen LogP contribution >= 0.6 is 0 Å². The minimum atomic E-state index is 0.123. The van der Waals surface area contributed by atoms with Crippen molar-refractivity contribution in [1.82, 2.24) is 9.88 Å². The van der Waals surface area contributed by atoms with E-state index in [0.717, 1.165) is 50.6 Å². The third-order valence-corrected chi connectivity index (χ3v) is 5.36. The molecule has 4 rings (SSSR count). The zero-order valence-electron chi connectivity index (χ0n) is 15.2. The SMILES string of the molecule is O=C(c1ccnc(N2CCCCC2)c1)N1CCN(c2ccccc2)CC1. The van der Waals surface area contributed by atoms with Gasteiger partial charge in [0.05, 0.1) is 0 Å². The molecule has 0 atom stereocenters. The first-order valence-corrected chi connectivity index (χ1v) is 9.61. The molecular formula is C21H26N4O. The van der Waals surface area contributed by atoms with Gasteiger partial charge < -0.3 is 14.7 Å². The normalized spacial score (nSPS) is 18.1. The number of amides is 1. The average Bonchev–Trinajstić information content (AvgIpc) is 2.75. The molecule has 1 aromatic heterocycles. The second-order valence-corrected chi connectivity index (χ2v) is 7.07.